The summed E-state index contributed by atoms with van der Waals surface area (Å²) in [7, 11) is 1.55. The SMILES string of the molecule is CCON(C)C=O.Cl. The summed E-state index contributed by atoms with van der Waals surface area (Å²) >= 11 is 0. The molecule has 0 radical (unpaired) electrons. The van der Waals surface area contributed by atoms with E-state index in [0.717, 1.165) is 5.06 Å². The number of hydrogen-bond acceptors (Lipinski definition) is 2. The first kappa shape index (κ1) is 10.7. The highest BCUT2D eigenvalue weighted by atomic mass is 35.5. The molecule has 0 aliphatic heterocycles. The summed E-state index contributed by atoms with van der Waals surface area (Å²) in [6.45, 7) is 2.36. The molecule has 0 saturated carbocycles. The molecule has 1 amide bonds. The van der Waals surface area contributed by atoms with Crippen molar-refractivity contribution in [2.45, 2.75) is 6.92 Å². The van der Waals surface area contributed by atoms with Gasteiger partial charge in [0.1, 0.15) is 0 Å². The highest BCUT2D eigenvalue weighted by Gasteiger charge is 1.84. The maximum Gasteiger partial charge on any atom is 0.233 e. The van der Waals surface area contributed by atoms with Crippen molar-refractivity contribution in [2.75, 3.05) is 13.7 Å². The molecule has 0 aromatic carbocycles. The molecule has 0 heterocycles. The molecule has 0 aromatic rings. The number of hydroxylamine groups is 2. The Morgan fingerprint density at radius 2 is 2.25 bits per heavy atom. The van der Waals surface area contributed by atoms with Crippen LogP contribution in [0.2, 0.25) is 0 Å². The lowest BCUT2D eigenvalue weighted by atomic mass is 10.9. The molecule has 0 N–H and O–H groups in total. The molecule has 0 fully saturated rings. The van der Waals surface area contributed by atoms with E-state index < -0.39 is 0 Å². The van der Waals surface area contributed by atoms with Gasteiger partial charge in [-0.3, -0.25) is 9.63 Å². The topological polar surface area (TPSA) is 29.5 Å². The predicted octanol–water partition coefficient (Wildman–Crippen LogP) is 0.448. The van der Waals surface area contributed by atoms with Crippen molar-refractivity contribution in [3.05, 3.63) is 0 Å². The molecule has 0 spiro atoms. The van der Waals surface area contributed by atoms with Gasteiger partial charge in [0.15, 0.2) is 0 Å². The van der Waals surface area contributed by atoms with Crippen LogP contribution in [0.5, 0.6) is 0 Å². The largest absolute Gasteiger partial charge is 0.276 e. The summed E-state index contributed by atoms with van der Waals surface area (Å²) in [6, 6.07) is 0. The van der Waals surface area contributed by atoms with Crippen molar-refractivity contribution in [3.8, 4) is 0 Å². The summed E-state index contributed by atoms with van der Waals surface area (Å²) in [5, 5.41) is 1.12. The van der Waals surface area contributed by atoms with Crippen molar-refractivity contribution < 1.29 is 9.63 Å². The highest BCUT2D eigenvalue weighted by molar-refractivity contribution is 5.85. The second-order valence-electron chi connectivity index (χ2n) is 1.07. The Labute approximate surface area is 55.0 Å². The molecule has 0 aromatic heterocycles. The lowest BCUT2D eigenvalue weighted by Gasteiger charge is -2.06. The minimum Gasteiger partial charge on any atom is -0.276 e. The van der Waals surface area contributed by atoms with E-state index in [2.05, 4.69) is 4.84 Å². The van der Waals surface area contributed by atoms with E-state index in [9.17, 15) is 4.79 Å². The Morgan fingerprint density at radius 3 is 2.38 bits per heavy atom. The Morgan fingerprint density at radius 1 is 1.75 bits per heavy atom. The van der Waals surface area contributed by atoms with Crippen molar-refractivity contribution in [1.29, 1.82) is 0 Å². The summed E-state index contributed by atoms with van der Waals surface area (Å²) in [5.41, 5.74) is 0. The third kappa shape index (κ3) is 5.72. The molecule has 0 bridgehead atoms. The molecular formula is C4H10ClNO2. The summed E-state index contributed by atoms with van der Waals surface area (Å²) in [5.74, 6) is 0. The van der Waals surface area contributed by atoms with Gasteiger partial charge in [-0.2, -0.15) is 0 Å². The van der Waals surface area contributed by atoms with Gasteiger partial charge in [-0.25, -0.2) is 5.06 Å². The minimum absolute atomic E-state index is 0. The van der Waals surface area contributed by atoms with Crippen molar-refractivity contribution in [1.82, 2.24) is 5.06 Å². The van der Waals surface area contributed by atoms with E-state index in [1.807, 2.05) is 6.92 Å². The second-order valence-corrected chi connectivity index (χ2v) is 1.07. The average Bonchev–Trinajstić information content (AvgIpc) is 1.68. The third-order valence-electron chi connectivity index (χ3n) is 0.481. The number of halogens is 1. The van der Waals surface area contributed by atoms with Crippen LogP contribution in [0.1, 0.15) is 6.92 Å². The van der Waals surface area contributed by atoms with Crippen molar-refractivity contribution in [3.63, 3.8) is 0 Å². The van der Waals surface area contributed by atoms with Gasteiger partial charge in [-0.05, 0) is 6.92 Å². The maximum atomic E-state index is 9.70. The van der Waals surface area contributed by atoms with Crippen LogP contribution in [0, 0.1) is 0 Å². The van der Waals surface area contributed by atoms with Gasteiger partial charge in [0.25, 0.3) is 0 Å². The van der Waals surface area contributed by atoms with Crippen LogP contribution in [0.15, 0.2) is 0 Å². The van der Waals surface area contributed by atoms with Crippen LogP contribution < -0.4 is 0 Å². The molecule has 4 heteroatoms. The van der Waals surface area contributed by atoms with Crippen LogP contribution in [0.25, 0.3) is 0 Å². The maximum absolute atomic E-state index is 9.70. The number of rotatable bonds is 3. The molecule has 0 saturated heterocycles. The Balaban J connectivity index is 0. The third-order valence-corrected chi connectivity index (χ3v) is 0.481. The van der Waals surface area contributed by atoms with E-state index in [4.69, 9.17) is 0 Å². The fraction of sp³-hybridized carbons (Fsp3) is 0.750. The second kappa shape index (κ2) is 6.72. The van der Waals surface area contributed by atoms with Crippen LogP contribution in [-0.4, -0.2) is 25.1 Å². The van der Waals surface area contributed by atoms with Gasteiger partial charge in [0, 0.05) is 7.05 Å². The standard InChI is InChI=1S/C4H9NO2.ClH/c1-3-7-5(2)4-6;/h4H,3H2,1-2H3;1H. The lowest BCUT2D eigenvalue weighted by Crippen LogP contribution is -2.15. The van der Waals surface area contributed by atoms with Gasteiger partial charge >= 0.3 is 0 Å². The molecule has 0 atom stereocenters. The number of nitrogens with zero attached hydrogens (tertiary/aromatic N) is 1. The molecule has 0 aliphatic carbocycles. The molecule has 8 heavy (non-hydrogen) atoms. The van der Waals surface area contributed by atoms with Crippen molar-refractivity contribution in [2.24, 2.45) is 0 Å². The monoisotopic (exact) mass is 139 g/mol. The van der Waals surface area contributed by atoms with Gasteiger partial charge in [0.05, 0.1) is 6.61 Å². The summed E-state index contributed by atoms with van der Waals surface area (Å²) in [4.78, 5) is 14.4. The van der Waals surface area contributed by atoms with E-state index in [0.29, 0.717) is 13.0 Å². The van der Waals surface area contributed by atoms with Gasteiger partial charge < -0.3 is 0 Å². The number of carbonyl (C=O) groups excluding carboxylic acids is 1. The first-order valence-electron chi connectivity index (χ1n) is 2.12. The molecule has 0 aliphatic rings. The lowest BCUT2D eigenvalue weighted by molar-refractivity contribution is -0.161. The number of carbonyl (C=O) groups is 1. The van der Waals surface area contributed by atoms with E-state index >= 15 is 0 Å². The Hall–Kier alpha value is -0.280. The van der Waals surface area contributed by atoms with E-state index in [1.165, 1.54) is 0 Å². The molecule has 50 valence electrons. The molecular weight excluding hydrogens is 130 g/mol. The average molecular weight is 140 g/mol. The van der Waals surface area contributed by atoms with E-state index in [1.54, 1.807) is 7.05 Å². The zero-order valence-electron chi connectivity index (χ0n) is 4.96. The van der Waals surface area contributed by atoms with E-state index in [-0.39, 0.29) is 12.4 Å². The van der Waals surface area contributed by atoms with Gasteiger partial charge in [0.2, 0.25) is 6.41 Å². The quantitative estimate of drug-likeness (QED) is 0.420. The zero-order chi connectivity index (χ0) is 5.70. The minimum atomic E-state index is 0. The molecule has 0 unspecified atom stereocenters. The zero-order valence-corrected chi connectivity index (χ0v) is 5.77. The smallest absolute Gasteiger partial charge is 0.233 e. The van der Waals surface area contributed by atoms with Crippen LogP contribution in [0.3, 0.4) is 0 Å². The summed E-state index contributed by atoms with van der Waals surface area (Å²) in [6.07, 6.45) is 0.615. The highest BCUT2D eigenvalue weighted by Crippen LogP contribution is 1.74. The number of amides is 1. The van der Waals surface area contributed by atoms with Gasteiger partial charge in [-0.1, -0.05) is 0 Å². The van der Waals surface area contributed by atoms with Crippen LogP contribution in [0.4, 0.5) is 0 Å². The Kier molecular flexibility index (Phi) is 8.95. The fourth-order valence-corrected chi connectivity index (χ4v) is 0.234. The van der Waals surface area contributed by atoms with Crippen molar-refractivity contribution >= 4 is 18.8 Å². The Bertz CT molecular complexity index is 60.0. The summed E-state index contributed by atoms with van der Waals surface area (Å²) < 4.78 is 0. The molecule has 3 nitrogen and oxygen atoms in total. The van der Waals surface area contributed by atoms with Gasteiger partial charge in [-0.15, -0.1) is 12.4 Å². The number of hydrogen-bond donors (Lipinski definition) is 0. The first-order valence-corrected chi connectivity index (χ1v) is 2.12. The van der Waals surface area contributed by atoms with Crippen LogP contribution in [-0.2, 0) is 9.63 Å². The van der Waals surface area contributed by atoms with Crippen LogP contribution >= 0.6 is 12.4 Å². The normalized spacial score (nSPS) is 7.25. The fourth-order valence-electron chi connectivity index (χ4n) is 0.234. The molecule has 0 rings (SSSR count). The predicted molar refractivity (Wildman–Crippen MR) is 32.7 cm³/mol. The first-order chi connectivity index (χ1) is 3.31.